The van der Waals surface area contributed by atoms with Crippen molar-refractivity contribution in [2.75, 3.05) is 16.7 Å². The fourth-order valence-electron chi connectivity index (χ4n) is 6.23. The molecule has 4 atom stereocenters. The lowest BCUT2D eigenvalue weighted by atomic mass is 9.69. The van der Waals surface area contributed by atoms with Crippen molar-refractivity contribution in [3.8, 4) is 0 Å². The fourth-order valence-corrected chi connectivity index (χ4v) is 8.36. The number of carboxylic acid groups (broad SMARTS) is 1. The third-order valence-electron chi connectivity index (χ3n) is 8.64. The van der Waals surface area contributed by atoms with E-state index in [-0.39, 0.29) is 6.42 Å². The quantitative estimate of drug-likeness (QED) is 0.152. The van der Waals surface area contributed by atoms with E-state index in [4.69, 9.17) is 11.6 Å². The van der Waals surface area contributed by atoms with E-state index in [2.05, 4.69) is 20.0 Å². The second-order valence-corrected chi connectivity index (χ2v) is 13.8. The third-order valence-corrected chi connectivity index (χ3v) is 10.9. The van der Waals surface area contributed by atoms with Crippen molar-refractivity contribution >= 4 is 61.9 Å². The smallest absolute Gasteiger partial charge is 0.416 e. The molecule has 1 aliphatic rings. The number of amides is 1. The lowest BCUT2D eigenvalue weighted by Crippen LogP contribution is -2.40. The summed E-state index contributed by atoms with van der Waals surface area (Å²) in [5.41, 5.74) is 1.69. The molecule has 3 aromatic carbocycles. The maximum atomic E-state index is 14.5. The van der Waals surface area contributed by atoms with Crippen molar-refractivity contribution in [2.45, 2.75) is 50.1 Å². The summed E-state index contributed by atoms with van der Waals surface area (Å²) < 4.78 is 57.4. The summed E-state index contributed by atoms with van der Waals surface area (Å²) in [6.07, 6.45) is -3.41. The van der Waals surface area contributed by atoms with Crippen molar-refractivity contribution in [3.63, 3.8) is 0 Å². The minimum atomic E-state index is -4.74. The number of nitrogens with one attached hydrogen (secondary N) is 1. The van der Waals surface area contributed by atoms with Gasteiger partial charge in [-0.1, -0.05) is 40.8 Å². The number of fused-ring (bicyclic) bond motifs is 1. The van der Waals surface area contributed by atoms with E-state index in [9.17, 15) is 32.3 Å². The second kappa shape index (κ2) is 13.1. The molecule has 13 heteroatoms. The molecular weight excluding hydrogens is 644 g/mol. The Kier molecular flexibility index (Phi) is 9.51. The normalized spacial score (nSPS) is 19.3. The largest absolute Gasteiger partial charge is 0.481 e. The fraction of sp³-hybridized carbons (Fsp3) is 0.333. The van der Waals surface area contributed by atoms with Crippen molar-refractivity contribution in [1.82, 2.24) is 9.55 Å². The molecule has 0 spiro atoms. The molecule has 1 fully saturated rings. The molecule has 1 aromatic heterocycles. The van der Waals surface area contributed by atoms with Crippen LogP contribution in [-0.4, -0.2) is 38.9 Å². The number of aromatic nitrogens is 2. The minimum absolute atomic E-state index is 0.250. The van der Waals surface area contributed by atoms with Crippen molar-refractivity contribution < 1.29 is 32.3 Å². The average Bonchev–Trinajstić information content (AvgIpc) is 3.30. The van der Waals surface area contributed by atoms with E-state index in [0.717, 1.165) is 39.1 Å². The lowest BCUT2D eigenvalue weighted by molar-refractivity contribution is -0.148. The zero-order valence-corrected chi connectivity index (χ0v) is 27.1. The molecule has 244 valence electrons. The highest BCUT2D eigenvalue weighted by atomic mass is 35.5. The Labute approximate surface area is 271 Å². The van der Waals surface area contributed by atoms with E-state index >= 15 is 0 Å². The van der Waals surface area contributed by atoms with Gasteiger partial charge in [0.2, 0.25) is 5.91 Å². The van der Waals surface area contributed by atoms with E-state index in [1.165, 1.54) is 0 Å². The first kappa shape index (κ1) is 33.5. The van der Waals surface area contributed by atoms with Gasteiger partial charge in [-0.25, -0.2) is 9.37 Å². The molecule has 1 heterocycles. The predicted octanol–water partition coefficient (Wildman–Crippen LogP) is 8.42. The monoisotopic (exact) mass is 676 g/mol. The molecule has 7 nitrogen and oxygen atoms in total. The van der Waals surface area contributed by atoms with Crippen LogP contribution in [0.15, 0.2) is 59.5 Å². The van der Waals surface area contributed by atoms with Gasteiger partial charge in [-0.15, -0.1) is 0 Å². The first-order valence-corrected chi connectivity index (χ1v) is 16.2. The van der Waals surface area contributed by atoms with Gasteiger partial charge >= 0.3 is 12.1 Å². The van der Waals surface area contributed by atoms with E-state index in [1.54, 1.807) is 0 Å². The van der Waals surface area contributed by atoms with Crippen LogP contribution >= 0.6 is 22.3 Å². The van der Waals surface area contributed by atoms with Crippen LogP contribution in [0.5, 0.6) is 0 Å². The number of carbonyl (C=O) groups is 2. The molecule has 46 heavy (non-hydrogen) atoms. The van der Waals surface area contributed by atoms with E-state index < -0.39 is 63.5 Å². The molecule has 1 aliphatic carbocycles. The summed E-state index contributed by atoms with van der Waals surface area (Å²) in [6.45, 7) is 3.89. The van der Waals surface area contributed by atoms with Gasteiger partial charge in [0.15, 0.2) is 0 Å². The number of halogens is 5. The molecule has 2 N–H and O–H groups in total. The summed E-state index contributed by atoms with van der Waals surface area (Å²) in [5.74, 6) is -4.91. The van der Waals surface area contributed by atoms with Crippen molar-refractivity contribution in [3.05, 3.63) is 82.4 Å². The summed E-state index contributed by atoms with van der Waals surface area (Å²) in [6, 6.07) is 13.3. The lowest BCUT2D eigenvalue weighted by Gasteiger charge is -2.35. The molecule has 0 radical (unpaired) electrons. The zero-order valence-electron chi connectivity index (χ0n) is 25.5. The minimum Gasteiger partial charge on any atom is -0.481 e. The van der Waals surface area contributed by atoms with Crippen LogP contribution in [-0.2, 0) is 22.8 Å². The molecule has 1 unspecified atom stereocenters. The molecule has 0 saturated heterocycles. The number of hydrogen-bond acceptors (Lipinski definition) is 4. The van der Waals surface area contributed by atoms with Crippen molar-refractivity contribution in [1.29, 1.82) is 0 Å². The number of hydrogen-bond donors (Lipinski definition) is 2. The third kappa shape index (κ3) is 6.50. The Hall–Kier alpha value is -3.90. The summed E-state index contributed by atoms with van der Waals surface area (Å²) in [4.78, 5) is 31.4. The molecule has 5 rings (SSSR count). The van der Waals surface area contributed by atoms with E-state index in [1.807, 2.05) is 68.9 Å². The van der Waals surface area contributed by atoms with Gasteiger partial charge in [0.25, 0.3) is 0 Å². The van der Waals surface area contributed by atoms with Gasteiger partial charge in [0, 0.05) is 24.7 Å². The van der Waals surface area contributed by atoms with Crippen LogP contribution in [0.3, 0.4) is 0 Å². The number of imidazole rings is 1. The maximum absolute atomic E-state index is 14.5. The Morgan fingerprint density at radius 3 is 2.43 bits per heavy atom. The number of aryl methyl sites for hydroxylation is 2. The van der Waals surface area contributed by atoms with E-state index in [0.29, 0.717) is 30.0 Å². The number of benzene rings is 3. The topological polar surface area (TPSA) is 87.5 Å². The second-order valence-electron chi connectivity index (χ2n) is 11.3. The Morgan fingerprint density at radius 2 is 1.83 bits per heavy atom. The van der Waals surface area contributed by atoms with Gasteiger partial charge in [-0.2, -0.15) is 13.2 Å². The number of carboxylic acids is 1. The van der Waals surface area contributed by atoms with Gasteiger partial charge in [-0.05, 0) is 86.0 Å². The van der Waals surface area contributed by atoms with Crippen LogP contribution in [0.25, 0.3) is 11.0 Å². The average molecular weight is 677 g/mol. The Balaban J connectivity index is 1.36. The highest BCUT2D eigenvalue weighted by Crippen LogP contribution is 2.44. The van der Waals surface area contributed by atoms with Crippen LogP contribution < -0.4 is 9.62 Å². The molecular formula is C33H33ClF4N4O3S. The van der Waals surface area contributed by atoms with Gasteiger partial charge in [0.1, 0.15) is 11.6 Å². The van der Waals surface area contributed by atoms with Gasteiger partial charge < -0.3 is 19.3 Å². The molecule has 4 aromatic rings. The number of anilines is 2. The zero-order chi connectivity index (χ0) is 33.5. The maximum Gasteiger partial charge on any atom is 0.416 e. The van der Waals surface area contributed by atoms with Crippen LogP contribution in [0.4, 0.5) is 28.9 Å². The summed E-state index contributed by atoms with van der Waals surface area (Å²) in [5, 5.41) is 15.2. The summed E-state index contributed by atoms with van der Waals surface area (Å²) in [7, 11) is 3.40. The number of aliphatic carboxylic acids is 1. The van der Waals surface area contributed by atoms with Crippen LogP contribution in [0.2, 0.25) is 5.02 Å². The number of nitrogens with zero attached hydrogens (tertiary/aromatic N) is 3. The predicted molar refractivity (Wildman–Crippen MR) is 174 cm³/mol. The Morgan fingerprint density at radius 1 is 1.13 bits per heavy atom. The first-order chi connectivity index (χ1) is 21.7. The number of alkyl halides is 3. The Bertz CT molecular complexity index is 1840. The van der Waals surface area contributed by atoms with Crippen molar-refractivity contribution in [2.24, 2.45) is 18.9 Å². The standard InChI is InChI=1S/C33H33ClF4N4O3S/c1-5-46(22-16-25(34)30-28(17-22)39-18(2)41(30)3)42(4)21-12-9-19(10-13-21)23-7-6-8-24(29(23)32(44)45)31(43)40-27-14-11-20(15-26(27)35)33(36,37)38/h5,9-17,23-24,29H,6-8H2,1-4H3,(H,40,43)(H,44,45)/t23-,24-,29-,46?/m1/s1. The highest BCUT2D eigenvalue weighted by Gasteiger charge is 2.43. The molecule has 1 saturated carbocycles. The number of carbonyl (C=O) groups excluding carboxylic acids is 1. The first-order valence-electron chi connectivity index (χ1n) is 14.6. The van der Waals surface area contributed by atoms with Crippen LogP contribution in [0.1, 0.15) is 49.1 Å². The SMILES string of the molecule is C/C=S(/c1cc(Cl)c2c(c1)nc(C)n2C)N(C)c1ccc([C@H]2CCC[C@@H](C(=O)Nc3ccc(C(F)(F)F)cc3F)[C@@H]2C(=O)O)cc1. The molecule has 0 bridgehead atoms. The van der Waals surface area contributed by atoms with Crippen LogP contribution in [0, 0.1) is 24.6 Å². The van der Waals surface area contributed by atoms with Gasteiger partial charge in [-0.3, -0.25) is 9.59 Å². The van der Waals surface area contributed by atoms with Gasteiger partial charge in [0.05, 0.1) is 39.1 Å². The highest BCUT2D eigenvalue weighted by molar-refractivity contribution is 8.16. The summed E-state index contributed by atoms with van der Waals surface area (Å²) >= 11 is 6.66. The molecule has 0 aliphatic heterocycles. The number of rotatable bonds is 7. The molecule has 1 amide bonds.